The van der Waals surface area contributed by atoms with E-state index in [1.807, 2.05) is 48.5 Å². The number of thioether (sulfide) groups is 1. The SMILES string of the molecule is CCOC(=O)C1=C2SC(c3ccc(C(C)C)cc3)=CC(=O)N2C(N)=C(C#N)C1c1ccc(C(C)C)cc1. The number of fused-ring (bicyclic) bond motifs is 1. The van der Waals surface area contributed by atoms with Crippen molar-refractivity contribution in [2.45, 2.75) is 52.4 Å². The maximum absolute atomic E-state index is 13.4. The summed E-state index contributed by atoms with van der Waals surface area (Å²) in [5.41, 5.74) is 10.8. The second-order valence-electron chi connectivity index (χ2n) is 9.67. The van der Waals surface area contributed by atoms with Crippen LogP contribution in [-0.2, 0) is 14.3 Å². The summed E-state index contributed by atoms with van der Waals surface area (Å²) in [6.45, 7) is 10.3. The molecule has 0 radical (unpaired) electrons. The van der Waals surface area contributed by atoms with Gasteiger partial charge in [0.1, 0.15) is 10.9 Å². The van der Waals surface area contributed by atoms with Crippen LogP contribution in [0.1, 0.15) is 74.6 Å². The minimum absolute atomic E-state index is 0.0337. The average Bonchev–Trinajstić information content (AvgIpc) is 2.88. The summed E-state index contributed by atoms with van der Waals surface area (Å²) in [5.74, 6) is -0.982. The Kier molecular flexibility index (Phi) is 7.60. The smallest absolute Gasteiger partial charge is 0.337 e. The van der Waals surface area contributed by atoms with Gasteiger partial charge in [0.25, 0.3) is 5.91 Å². The van der Waals surface area contributed by atoms with Gasteiger partial charge >= 0.3 is 5.97 Å². The van der Waals surface area contributed by atoms with Crippen molar-refractivity contribution < 1.29 is 14.3 Å². The predicted octanol–water partition coefficient (Wildman–Crippen LogP) is 6.12. The van der Waals surface area contributed by atoms with Crippen molar-refractivity contribution in [3.63, 3.8) is 0 Å². The van der Waals surface area contributed by atoms with Gasteiger partial charge in [0, 0.05) is 11.0 Å². The number of benzene rings is 2. The summed E-state index contributed by atoms with van der Waals surface area (Å²) < 4.78 is 5.45. The third kappa shape index (κ3) is 4.94. The molecular weight excluding hydrogens is 482 g/mol. The molecule has 0 saturated heterocycles. The van der Waals surface area contributed by atoms with Gasteiger partial charge in [0.15, 0.2) is 0 Å². The van der Waals surface area contributed by atoms with Crippen molar-refractivity contribution in [2.75, 3.05) is 6.61 Å². The summed E-state index contributed by atoms with van der Waals surface area (Å²) in [4.78, 5) is 28.8. The summed E-state index contributed by atoms with van der Waals surface area (Å²) in [6.07, 6.45) is 1.50. The van der Waals surface area contributed by atoms with Crippen molar-refractivity contribution in [3.05, 3.63) is 98.9 Å². The summed E-state index contributed by atoms with van der Waals surface area (Å²) in [5, 5.41) is 10.5. The van der Waals surface area contributed by atoms with E-state index in [2.05, 4.69) is 33.8 Å². The van der Waals surface area contributed by atoms with Gasteiger partial charge in [-0.15, -0.1) is 0 Å². The molecule has 2 aromatic rings. The first kappa shape index (κ1) is 26.3. The Bertz CT molecular complexity index is 1360. The fraction of sp³-hybridized carbons (Fsp3) is 0.300. The molecule has 6 nitrogen and oxygen atoms in total. The van der Waals surface area contributed by atoms with Crippen LogP contribution in [0.3, 0.4) is 0 Å². The molecule has 1 unspecified atom stereocenters. The predicted molar refractivity (Wildman–Crippen MR) is 147 cm³/mol. The minimum Gasteiger partial charge on any atom is -0.463 e. The van der Waals surface area contributed by atoms with Gasteiger partial charge in [-0.25, -0.2) is 4.79 Å². The van der Waals surface area contributed by atoms with E-state index in [1.54, 1.807) is 6.92 Å². The first-order valence-corrected chi connectivity index (χ1v) is 13.2. The molecule has 4 rings (SSSR count). The maximum atomic E-state index is 13.4. The molecule has 0 fully saturated rings. The number of allylic oxidation sites excluding steroid dienone is 1. The zero-order chi connectivity index (χ0) is 26.9. The van der Waals surface area contributed by atoms with E-state index in [9.17, 15) is 14.9 Å². The molecule has 1 amide bonds. The van der Waals surface area contributed by atoms with Crippen LogP contribution in [0, 0.1) is 11.3 Å². The monoisotopic (exact) mass is 513 g/mol. The van der Waals surface area contributed by atoms with E-state index >= 15 is 0 Å². The second-order valence-corrected chi connectivity index (χ2v) is 10.7. The van der Waals surface area contributed by atoms with Gasteiger partial charge < -0.3 is 10.5 Å². The quantitative estimate of drug-likeness (QED) is 0.468. The molecule has 7 heteroatoms. The lowest BCUT2D eigenvalue weighted by molar-refractivity contribution is -0.138. The van der Waals surface area contributed by atoms with E-state index < -0.39 is 17.8 Å². The number of amides is 1. The van der Waals surface area contributed by atoms with E-state index in [0.29, 0.717) is 21.8 Å². The van der Waals surface area contributed by atoms with Crippen molar-refractivity contribution in [3.8, 4) is 6.07 Å². The lowest BCUT2D eigenvalue weighted by Crippen LogP contribution is -2.40. The van der Waals surface area contributed by atoms with E-state index in [0.717, 1.165) is 16.7 Å². The van der Waals surface area contributed by atoms with Crippen molar-refractivity contribution in [1.29, 1.82) is 5.26 Å². The van der Waals surface area contributed by atoms with Crippen molar-refractivity contribution in [1.82, 2.24) is 4.90 Å². The molecule has 2 aliphatic heterocycles. The van der Waals surface area contributed by atoms with Gasteiger partial charge in [-0.05, 0) is 41.0 Å². The highest BCUT2D eigenvalue weighted by Gasteiger charge is 2.43. The number of hydrogen-bond donors (Lipinski definition) is 1. The van der Waals surface area contributed by atoms with Crippen LogP contribution in [0.25, 0.3) is 4.91 Å². The summed E-state index contributed by atoms with van der Waals surface area (Å²) in [7, 11) is 0. The molecular formula is C30H31N3O3S. The number of nitriles is 1. The molecule has 0 aliphatic carbocycles. The van der Waals surface area contributed by atoms with E-state index in [1.165, 1.54) is 28.3 Å². The minimum atomic E-state index is -0.750. The van der Waals surface area contributed by atoms with Gasteiger partial charge in [-0.1, -0.05) is 88.0 Å². The number of rotatable bonds is 6. The molecule has 2 heterocycles. The van der Waals surface area contributed by atoms with E-state index in [-0.39, 0.29) is 23.6 Å². The molecule has 2 N–H and O–H groups in total. The summed E-state index contributed by atoms with van der Waals surface area (Å²) in [6, 6.07) is 18.0. The Morgan fingerprint density at radius 3 is 2.14 bits per heavy atom. The zero-order valence-electron chi connectivity index (χ0n) is 21.7. The van der Waals surface area contributed by atoms with Gasteiger partial charge in [-0.2, -0.15) is 5.26 Å². The standard InChI is InChI=1S/C30H31N3O3S/c1-6-36-30(35)27-26(22-13-9-20(10-14-22)18(4)5)23(16-31)28(32)33-25(34)15-24(37-29(27)33)21-11-7-19(8-12-21)17(2)3/h7-15,17-18,26H,6,32H2,1-5H3. The highest BCUT2D eigenvalue weighted by atomic mass is 32.2. The fourth-order valence-electron chi connectivity index (χ4n) is 4.51. The number of carbonyl (C=O) groups is 2. The highest BCUT2D eigenvalue weighted by molar-refractivity contribution is 8.11. The molecule has 0 saturated carbocycles. The van der Waals surface area contributed by atoms with Crippen LogP contribution in [0.5, 0.6) is 0 Å². The normalized spacial score (nSPS) is 17.7. The number of esters is 1. The summed E-state index contributed by atoms with van der Waals surface area (Å²) >= 11 is 1.29. The first-order chi connectivity index (χ1) is 17.7. The Hall–Kier alpha value is -3.76. The van der Waals surface area contributed by atoms with Crippen LogP contribution in [-0.4, -0.2) is 23.4 Å². The number of nitrogens with zero attached hydrogens (tertiary/aromatic N) is 2. The topological polar surface area (TPSA) is 96.4 Å². The number of nitrogens with two attached hydrogens (primary N) is 1. The molecule has 190 valence electrons. The Balaban J connectivity index is 1.89. The van der Waals surface area contributed by atoms with Crippen molar-refractivity contribution in [2.24, 2.45) is 5.73 Å². The van der Waals surface area contributed by atoms with Gasteiger partial charge in [-0.3, -0.25) is 9.69 Å². The van der Waals surface area contributed by atoms with Gasteiger partial charge in [0.05, 0.1) is 29.7 Å². The van der Waals surface area contributed by atoms with Gasteiger partial charge in [0.2, 0.25) is 0 Å². The number of ether oxygens (including phenoxy) is 1. The van der Waals surface area contributed by atoms with Crippen LogP contribution in [0.15, 0.2) is 76.6 Å². The van der Waals surface area contributed by atoms with Crippen molar-refractivity contribution >= 4 is 28.5 Å². The number of hydrogen-bond acceptors (Lipinski definition) is 6. The first-order valence-electron chi connectivity index (χ1n) is 12.4. The molecule has 2 aromatic carbocycles. The van der Waals surface area contributed by atoms with Crippen LogP contribution >= 0.6 is 11.8 Å². The average molecular weight is 514 g/mol. The molecule has 2 aliphatic rings. The second kappa shape index (κ2) is 10.7. The third-order valence-corrected chi connectivity index (χ3v) is 7.79. The Morgan fingerprint density at radius 2 is 1.62 bits per heavy atom. The maximum Gasteiger partial charge on any atom is 0.337 e. The largest absolute Gasteiger partial charge is 0.463 e. The lowest BCUT2D eigenvalue weighted by atomic mass is 9.82. The lowest BCUT2D eigenvalue weighted by Gasteiger charge is -2.37. The molecule has 37 heavy (non-hydrogen) atoms. The Morgan fingerprint density at radius 1 is 1.05 bits per heavy atom. The fourth-order valence-corrected chi connectivity index (χ4v) is 5.73. The highest BCUT2D eigenvalue weighted by Crippen LogP contribution is 2.50. The zero-order valence-corrected chi connectivity index (χ0v) is 22.6. The third-order valence-electron chi connectivity index (χ3n) is 6.62. The molecule has 1 atom stereocenters. The molecule has 0 bridgehead atoms. The van der Waals surface area contributed by atoms with Crippen LogP contribution in [0.4, 0.5) is 0 Å². The van der Waals surface area contributed by atoms with Crippen LogP contribution in [0.2, 0.25) is 0 Å². The van der Waals surface area contributed by atoms with E-state index in [4.69, 9.17) is 10.5 Å². The molecule has 0 aromatic heterocycles. The Labute approximate surface area is 222 Å². The molecule has 0 spiro atoms. The number of carbonyl (C=O) groups excluding carboxylic acids is 2. The van der Waals surface area contributed by atoms with Crippen LogP contribution < -0.4 is 5.73 Å².